The summed E-state index contributed by atoms with van der Waals surface area (Å²) >= 11 is 0. The number of ether oxygens (including phenoxy) is 5. The van der Waals surface area contributed by atoms with Crippen LogP contribution in [0.3, 0.4) is 0 Å². The van der Waals surface area contributed by atoms with E-state index in [4.69, 9.17) is 23.7 Å². The normalized spacial score (nSPS) is 36.0. The predicted molar refractivity (Wildman–Crippen MR) is 272 cm³/mol. The number of hydrogen-bond acceptors (Lipinski definition) is 17. The summed E-state index contributed by atoms with van der Waals surface area (Å²) in [5.41, 5.74) is -2.68. The number of carbonyl (C=O) groups excluding carboxylic acids is 4. The first-order chi connectivity index (χ1) is 35.1. The molecule has 5 heterocycles. The standard InChI is InChI=1S/C42H70O11.C16H12O6.Na/c1-11-29(38(46)47)31-15-14-23(4)36(50-31)27(8)34(44)26(7)35(45)30(12-2)37-24(5)22-25(6)41(51-37)19-16-32(43)42(53-41)21-20-39(10,52-42)33-17-18-40(48,13-3)28(9)49-33;1-5-3-7(17)9-11(13(5)19)15(21)10-8(18)4-6(2)14(20)12(10)16(9)22;/h16,19,23-34,36-37,43-44,48H,11-15,17-18,20-22H2,1-10H3,(H,46,47);3-4,17-20H,1-2H3;/q;;+1/p-1. The van der Waals surface area contributed by atoms with Crippen LogP contribution in [0.4, 0.5) is 0 Å². The molecule has 18 unspecified atom stereocenters. The van der Waals surface area contributed by atoms with E-state index in [0.29, 0.717) is 57.8 Å². The minimum atomic E-state index is -1.37. The Morgan fingerprint density at radius 3 is 1.86 bits per heavy atom. The van der Waals surface area contributed by atoms with Crippen LogP contribution in [0.2, 0.25) is 0 Å². The number of carboxylic acid groups (broad SMARTS) is 1. The molecule has 0 aromatic heterocycles. The van der Waals surface area contributed by atoms with Crippen LogP contribution in [0.1, 0.15) is 176 Å². The number of carboxylic acids is 1. The van der Waals surface area contributed by atoms with Gasteiger partial charge in [0.05, 0.1) is 70.1 Å². The van der Waals surface area contributed by atoms with Gasteiger partial charge in [-0.3, -0.25) is 14.4 Å². The third kappa shape index (κ3) is 10.9. The number of Topliss-reactive ketones (excluding diaryl/α,β-unsaturated/α-hetero) is 1. The number of aliphatic hydroxyl groups is 3. The van der Waals surface area contributed by atoms with E-state index in [2.05, 4.69) is 20.8 Å². The number of aliphatic hydroxyl groups excluding tert-OH is 2. The number of phenols is 4. The van der Waals surface area contributed by atoms with E-state index < -0.39 is 118 Å². The van der Waals surface area contributed by atoms with Crippen molar-refractivity contribution >= 4 is 23.3 Å². The molecule has 0 amide bonds. The summed E-state index contributed by atoms with van der Waals surface area (Å²) in [6, 6.07) is 2.33. The summed E-state index contributed by atoms with van der Waals surface area (Å²) in [6.45, 7) is 22.4. The van der Waals surface area contributed by atoms with Crippen molar-refractivity contribution < 1.29 is 113 Å². The van der Waals surface area contributed by atoms with Crippen LogP contribution < -0.4 is 34.7 Å². The Hall–Kier alpha value is -3.46. The second-order valence-electron chi connectivity index (χ2n) is 23.2. The molecule has 18 heteroatoms. The van der Waals surface area contributed by atoms with Crippen LogP contribution in [0.15, 0.2) is 24.3 Å². The molecule has 18 atom stereocenters. The van der Waals surface area contributed by atoms with Gasteiger partial charge in [-0.15, -0.1) is 0 Å². The molecule has 0 radical (unpaired) electrons. The smallest absolute Gasteiger partial charge is 0.550 e. The Morgan fingerprint density at radius 1 is 0.776 bits per heavy atom. The van der Waals surface area contributed by atoms with Gasteiger partial charge in [-0.2, -0.15) is 0 Å². The third-order valence-electron chi connectivity index (χ3n) is 18.3. The van der Waals surface area contributed by atoms with Gasteiger partial charge in [0.2, 0.25) is 17.4 Å². The predicted octanol–water partition coefficient (Wildman–Crippen LogP) is 3.76. The molecule has 4 saturated heterocycles. The number of carbonyl (C=O) groups is 4. The zero-order valence-corrected chi connectivity index (χ0v) is 48.7. The van der Waals surface area contributed by atoms with Gasteiger partial charge in [-0.05, 0) is 133 Å². The molecule has 4 fully saturated rings. The molecule has 0 bridgehead atoms. The van der Waals surface area contributed by atoms with Gasteiger partial charge in [0, 0.05) is 42.0 Å². The van der Waals surface area contributed by atoms with E-state index in [1.165, 1.54) is 13.8 Å². The molecule has 2 spiro atoms. The van der Waals surface area contributed by atoms with Gasteiger partial charge in [0.1, 0.15) is 34.9 Å². The van der Waals surface area contributed by atoms with Crippen molar-refractivity contribution in [3.63, 3.8) is 0 Å². The number of fused-ring (bicyclic) bond motifs is 2. The van der Waals surface area contributed by atoms with Crippen LogP contribution >= 0.6 is 0 Å². The first kappa shape index (κ1) is 61.7. The summed E-state index contributed by atoms with van der Waals surface area (Å²) in [5.74, 6) is -9.68. The fraction of sp³-hybridized carbons (Fsp3) is 0.690. The Morgan fingerprint density at radius 2 is 1.34 bits per heavy atom. The molecule has 76 heavy (non-hydrogen) atoms. The summed E-state index contributed by atoms with van der Waals surface area (Å²) < 4.78 is 33.4. The minimum Gasteiger partial charge on any atom is -0.550 e. The van der Waals surface area contributed by atoms with Gasteiger partial charge >= 0.3 is 29.6 Å². The minimum absolute atomic E-state index is 0. The van der Waals surface area contributed by atoms with E-state index >= 15 is 0 Å². The summed E-state index contributed by atoms with van der Waals surface area (Å²) in [5, 5.41) is 86.1. The summed E-state index contributed by atoms with van der Waals surface area (Å²) in [4.78, 5) is 51.4. The van der Waals surface area contributed by atoms with Gasteiger partial charge in [0.15, 0.2) is 5.79 Å². The Kier molecular flexibility index (Phi) is 19.0. The second-order valence-corrected chi connectivity index (χ2v) is 23.2. The van der Waals surface area contributed by atoms with E-state index in [-0.39, 0.29) is 98.7 Å². The van der Waals surface area contributed by atoms with Crippen molar-refractivity contribution in [3.05, 3.63) is 57.7 Å². The molecule has 8 rings (SSSR count). The molecule has 0 saturated carbocycles. The number of aryl methyl sites for hydroxylation is 2. The maximum absolute atomic E-state index is 14.4. The van der Waals surface area contributed by atoms with Crippen molar-refractivity contribution in [2.45, 2.75) is 213 Å². The molecule has 5 aliphatic heterocycles. The van der Waals surface area contributed by atoms with Gasteiger partial charge in [-0.25, -0.2) is 0 Å². The first-order valence-electron chi connectivity index (χ1n) is 27.2. The maximum Gasteiger partial charge on any atom is 1.00 e. The van der Waals surface area contributed by atoms with E-state index in [1.54, 1.807) is 19.1 Å². The van der Waals surface area contributed by atoms with Gasteiger partial charge in [0.25, 0.3) is 0 Å². The number of ketones is 3. The molecule has 416 valence electrons. The fourth-order valence-electron chi connectivity index (χ4n) is 13.2. The van der Waals surface area contributed by atoms with Crippen LogP contribution in [0.25, 0.3) is 0 Å². The van der Waals surface area contributed by atoms with E-state index in [1.807, 2.05) is 41.5 Å². The third-order valence-corrected chi connectivity index (χ3v) is 18.3. The monoisotopic (exact) mass is 1070 g/mol. The molecular formula is C58H81NaO17. The van der Waals surface area contributed by atoms with E-state index in [0.717, 1.165) is 18.6 Å². The molecule has 2 aromatic carbocycles. The van der Waals surface area contributed by atoms with Crippen LogP contribution in [0, 0.1) is 55.3 Å². The topological polar surface area (TPSA) is 279 Å². The molecule has 6 aliphatic rings. The quantitative estimate of drug-likeness (QED) is 0.0773. The van der Waals surface area contributed by atoms with Crippen LogP contribution in [-0.2, 0) is 33.3 Å². The number of rotatable bonds is 12. The Labute approximate surface area is 469 Å². The van der Waals surface area contributed by atoms with Crippen molar-refractivity contribution in [2.24, 2.45) is 41.4 Å². The Bertz CT molecular complexity index is 2480. The van der Waals surface area contributed by atoms with Gasteiger partial charge < -0.3 is 69.3 Å². The summed E-state index contributed by atoms with van der Waals surface area (Å²) in [6.07, 6.45) is 5.22. The molecule has 2 aromatic rings. The van der Waals surface area contributed by atoms with E-state index in [9.17, 15) is 60.0 Å². The molecule has 7 N–H and O–H groups in total. The molecule has 1 aliphatic carbocycles. The number of aliphatic carboxylic acids is 1. The first-order valence-corrected chi connectivity index (χ1v) is 27.2. The molecule has 17 nitrogen and oxygen atoms in total. The van der Waals surface area contributed by atoms with Crippen molar-refractivity contribution in [3.8, 4) is 23.0 Å². The zero-order chi connectivity index (χ0) is 55.6. The maximum atomic E-state index is 14.4. The van der Waals surface area contributed by atoms with Crippen LogP contribution in [-0.4, -0.2) is 125 Å². The summed E-state index contributed by atoms with van der Waals surface area (Å²) in [7, 11) is 0. The van der Waals surface area contributed by atoms with Crippen molar-refractivity contribution in [1.29, 1.82) is 0 Å². The average Bonchev–Trinajstić information content (AvgIpc) is 3.71. The average molecular weight is 1070 g/mol. The van der Waals surface area contributed by atoms with Gasteiger partial charge in [-0.1, -0.05) is 55.4 Å². The molecular weight excluding hydrogens is 992 g/mol. The zero-order valence-electron chi connectivity index (χ0n) is 46.7. The number of aromatic hydroxyl groups is 4. The number of phenolic OH excluding ortho intramolecular Hbond substituents is 4. The fourth-order valence-corrected chi connectivity index (χ4v) is 13.2. The van der Waals surface area contributed by atoms with Crippen LogP contribution in [0.5, 0.6) is 23.0 Å². The van der Waals surface area contributed by atoms with Crippen molar-refractivity contribution in [2.75, 3.05) is 0 Å². The SMILES string of the molecule is CCC(C(=O)[O-])C1CCC(C)C(C(C)C(O)C(C)C(=O)C(CC)C2OC3(C=CC(O)C4(CCC(C)(C5CCC(O)(CC)C(C)O5)O4)O3)C(C)CC2C)O1.Cc1cc(O)c2c(c1O)C(=O)c1c(O)cc(C)c(O)c1C2=O.[Na+]. The number of benzene rings is 2. The largest absolute Gasteiger partial charge is 1.00 e. The second kappa shape index (κ2) is 23.3. The Balaban J connectivity index is 0.000000338. The number of hydrogen-bond donors (Lipinski definition) is 7. The van der Waals surface area contributed by atoms with Crippen molar-refractivity contribution in [1.82, 2.24) is 0 Å².